The van der Waals surface area contributed by atoms with Crippen LogP contribution in [0.2, 0.25) is 5.15 Å². The lowest BCUT2D eigenvalue weighted by Gasteiger charge is -2.02. The average Bonchev–Trinajstić information content (AvgIpc) is 2.86. The van der Waals surface area contributed by atoms with Gasteiger partial charge in [0.05, 0.1) is 5.69 Å². The Bertz CT molecular complexity index is 946. The smallest absolute Gasteiger partial charge is 0.250 e. The fraction of sp³-hybridized carbons (Fsp3) is 0.0625. The molecule has 0 spiro atoms. The van der Waals surface area contributed by atoms with Gasteiger partial charge in [-0.2, -0.15) is 0 Å². The zero-order valence-electron chi connectivity index (χ0n) is 11.7. The molecule has 3 heterocycles. The van der Waals surface area contributed by atoms with Gasteiger partial charge in [-0.15, -0.1) is 0 Å². The molecule has 108 valence electrons. The van der Waals surface area contributed by atoms with Crippen LogP contribution in [0.25, 0.3) is 5.69 Å². The van der Waals surface area contributed by atoms with E-state index in [4.69, 9.17) is 11.6 Å². The second-order valence-corrected chi connectivity index (χ2v) is 4.96. The number of imidazole rings is 1. The minimum absolute atomic E-state index is 0.162. The first-order valence-electron chi connectivity index (χ1n) is 6.50. The Hall–Kier alpha value is -2.84. The van der Waals surface area contributed by atoms with Gasteiger partial charge in [-0.25, -0.2) is 9.97 Å². The lowest BCUT2D eigenvalue weighted by Crippen LogP contribution is -2.06. The summed E-state index contributed by atoms with van der Waals surface area (Å²) in [4.78, 5) is 22.3. The maximum atomic E-state index is 11.4. The van der Waals surface area contributed by atoms with Gasteiger partial charge in [-0.3, -0.25) is 4.79 Å². The SMILES string of the molecule is Cc1nc(C#Cc2ccnc(Cl)c2)cn1-c1cc[nH]c(=O)c1. The van der Waals surface area contributed by atoms with Gasteiger partial charge in [-0.05, 0) is 31.0 Å². The van der Waals surface area contributed by atoms with Gasteiger partial charge in [0.2, 0.25) is 5.56 Å². The molecule has 0 amide bonds. The van der Waals surface area contributed by atoms with E-state index in [0.717, 1.165) is 17.1 Å². The van der Waals surface area contributed by atoms with Gasteiger partial charge in [0.25, 0.3) is 0 Å². The molecule has 0 fully saturated rings. The molecule has 0 saturated carbocycles. The molecular weight excluding hydrogens is 300 g/mol. The Morgan fingerprint density at radius 1 is 1.27 bits per heavy atom. The minimum Gasteiger partial charge on any atom is -0.329 e. The Morgan fingerprint density at radius 3 is 2.91 bits per heavy atom. The van der Waals surface area contributed by atoms with E-state index >= 15 is 0 Å². The van der Waals surface area contributed by atoms with Gasteiger partial charge < -0.3 is 9.55 Å². The molecule has 0 unspecified atom stereocenters. The van der Waals surface area contributed by atoms with Crippen LogP contribution in [0.15, 0.2) is 47.7 Å². The molecule has 0 aliphatic carbocycles. The molecule has 3 rings (SSSR count). The van der Waals surface area contributed by atoms with E-state index in [1.807, 2.05) is 11.5 Å². The maximum Gasteiger partial charge on any atom is 0.250 e. The van der Waals surface area contributed by atoms with Crippen molar-refractivity contribution in [1.29, 1.82) is 0 Å². The molecule has 0 saturated heterocycles. The predicted octanol–water partition coefficient (Wildman–Crippen LogP) is 2.32. The predicted molar refractivity (Wildman–Crippen MR) is 84.1 cm³/mol. The van der Waals surface area contributed by atoms with Crippen molar-refractivity contribution < 1.29 is 0 Å². The van der Waals surface area contributed by atoms with E-state index in [2.05, 4.69) is 26.8 Å². The van der Waals surface area contributed by atoms with Crippen LogP contribution in [-0.2, 0) is 0 Å². The summed E-state index contributed by atoms with van der Waals surface area (Å²) in [6, 6.07) is 6.78. The van der Waals surface area contributed by atoms with Crippen molar-refractivity contribution in [1.82, 2.24) is 19.5 Å². The van der Waals surface area contributed by atoms with Crippen LogP contribution in [0.3, 0.4) is 0 Å². The van der Waals surface area contributed by atoms with E-state index in [-0.39, 0.29) is 5.56 Å². The first kappa shape index (κ1) is 14.1. The normalized spacial score (nSPS) is 10.1. The summed E-state index contributed by atoms with van der Waals surface area (Å²) >= 11 is 5.82. The van der Waals surface area contributed by atoms with Gasteiger partial charge in [0.15, 0.2) is 0 Å². The number of aryl methyl sites for hydroxylation is 1. The molecule has 5 nitrogen and oxygen atoms in total. The summed E-state index contributed by atoms with van der Waals surface area (Å²) in [5, 5.41) is 0.400. The highest BCUT2D eigenvalue weighted by Crippen LogP contribution is 2.10. The zero-order valence-corrected chi connectivity index (χ0v) is 12.4. The molecule has 3 aromatic heterocycles. The van der Waals surface area contributed by atoms with Crippen molar-refractivity contribution in [2.75, 3.05) is 0 Å². The summed E-state index contributed by atoms with van der Waals surface area (Å²) in [7, 11) is 0. The Morgan fingerprint density at radius 2 is 2.14 bits per heavy atom. The zero-order chi connectivity index (χ0) is 15.5. The van der Waals surface area contributed by atoms with Gasteiger partial charge in [0, 0.05) is 30.2 Å². The van der Waals surface area contributed by atoms with Crippen molar-refractivity contribution in [3.63, 3.8) is 0 Å². The third-order valence-corrected chi connectivity index (χ3v) is 3.19. The second kappa shape index (κ2) is 5.88. The molecular formula is C16H11ClN4O. The molecule has 0 atom stereocenters. The number of hydrogen-bond acceptors (Lipinski definition) is 3. The third-order valence-electron chi connectivity index (χ3n) is 2.98. The fourth-order valence-corrected chi connectivity index (χ4v) is 2.17. The van der Waals surface area contributed by atoms with Crippen molar-refractivity contribution in [3.8, 4) is 17.5 Å². The highest BCUT2D eigenvalue weighted by molar-refractivity contribution is 6.29. The van der Waals surface area contributed by atoms with E-state index < -0.39 is 0 Å². The van der Waals surface area contributed by atoms with Gasteiger partial charge in [-0.1, -0.05) is 17.5 Å². The van der Waals surface area contributed by atoms with Crippen LogP contribution in [0.4, 0.5) is 0 Å². The first-order valence-corrected chi connectivity index (χ1v) is 6.88. The van der Waals surface area contributed by atoms with E-state index in [0.29, 0.717) is 10.8 Å². The molecule has 6 heteroatoms. The van der Waals surface area contributed by atoms with E-state index in [1.54, 1.807) is 36.8 Å². The number of halogens is 1. The van der Waals surface area contributed by atoms with E-state index in [9.17, 15) is 4.79 Å². The Labute approximate surface area is 131 Å². The van der Waals surface area contributed by atoms with E-state index in [1.165, 1.54) is 6.07 Å². The monoisotopic (exact) mass is 310 g/mol. The number of nitrogens with one attached hydrogen (secondary N) is 1. The van der Waals surface area contributed by atoms with Crippen LogP contribution < -0.4 is 5.56 Å². The van der Waals surface area contributed by atoms with Crippen molar-refractivity contribution in [2.45, 2.75) is 6.92 Å². The van der Waals surface area contributed by atoms with Crippen LogP contribution >= 0.6 is 11.6 Å². The maximum absolute atomic E-state index is 11.4. The summed E-state index contributed by atoms with van der Waals surface area (Å²) < 4.78 is 1.82. The van der Waals surface area contributed by atoms with Crippen molar-refractivity contribution in [2.24, 2.45) is 0 Å². The molecule has 3 aromatic rings. The Balaban J connectivity index is 1.95. The average molecular weight is 311 g/mol. The first-order chi connectivity index (χ1) is 10.6. The summed E-state index contributed by atoms with van der Waals surface area (Å²) in [5.74, 6) is 6.72. The standard InChI is InChI=1S/C16H11ClN4O/c1-11-20-13(3-2-12-4-6-18-15(17)8-12)10-21(11)14-5-7-19-16(22)9-14/h4-10H,1H3,(H,19,22). The number of pyridine rings is 2. The highest BCUT2D eigenvalue weighted by Gasteiger charge is 2.04. The molecule has 0 aromatic carbocycles. The molecule has 0 radical (unpaired) electrons. The number of aromatic amines is 1. The number of hydrogen-bond donors (Lipinski definition) is 1. The lowest BCUT2D eigenvalue weighted by molar-refractivity contribution is 0.966. The quantitative estimate of drug-likeness (QED) is 0.554. The Kier molecular flexibility index (Phi) is 3.77. The van der Waals surface area contributed by atoms with Gasteiger partial charge in [0.1, 0.15) is 16.7 Å². The highest BCUT2D eigenvalue weighted by atomic mass is 35.5. The summed E-state index contributed by atoms with van der Waals surface area (Å²) in [6.45, 7) is 1.86. The number of nitrogens with zero attached hydrogens (tertiary/aromatic N) is 3. The molecule has 0 bridgehead atoms. The van der Waals surface area contributed by atoms with Crippen LogP contribution in [0.5, 0.6) is 0 Å². The van der Waals surface area contributed by atoms with Crippen molar-refractivity contribution >= 4 is 11.6 Å². The largest absolute Gasteiger partial charge is 0.329 e. The third kappa shape index (κ3) is 3.08. The lowest BCUT2D eigenvalue weighted by atomic mass is 10.2. The molecule has 22 heavy (non-hydrogen) atoms. The topological polar surface area (TPSA) is 63.6 Å². The van der Waals surface area contributed by atoms with Crippen LogP contribution in [0.1, 0.15) is 17.1 Å². The number of H-pyrrole nitrogens is 1. The summed E-state index contributed by atoms with van der Waals surface area (Å²) in [6.07, 6.45) is 4.99. The molecule has 1 N–H and O–H groups in total. The number of aromatic nitrogens is 4. The number of rotatable bonds is 1. The second-order valence-electron chi connectivity index (χ2n) is 4.57. The minimum atomic E-state index is -0.162. The van der Waals surface area contributed by atoms with Crippen LogP contribution in [-0.4, -0.2) is 19.5 Å². The molecule has 0 aliphatic rings. The fourth-order valence-electron chi connectivity index (χ4n) is 1.99. The summed E-state index contributed by atoms with van der Waals surface area (Å²) in [5.41, 5.74) is 1.97. The molecule has 0 aliphatic heterocycles. The van der Waals surface area contributed by atoms with Gasteiger partial charge >= 0.3 is 0 Å². The van der Waals surface area contributed by atoms with Crippen molar-refractivity contribution in [3.05, 3.63) is 75.4 Å². The van der Waals surface area contributed by atoms with Crippen LogP contribution in [0, 0.1) is 18.8 Å².